The summed E-state index contributed by atoms with van der Waals surface area (Å²) in [5, 5.41) is 11.4. The van der Waals surface area contributed by atoms with Crippen molar-refractivity contribution in [1.82, 2.24) is 24.5 Å². The number of rotatable bonds is 3. The Morgan fingerprint density at radius 3 is 2.19 bits per heavy atom. The highest BCUT2D eigenvalue weighted by Gasteiger charge is 2.24. The molecule has 0 N–H and O–H groups in total. The number of para-hydroxylation sites is 3. The molecule has 204 valence electrons. The molecule has 0 amide bonds. The van der Waals surface area contributed by atoms with E-state index in [1.54, 1.807) is 0 Å². The van der Waals surface area contributed by atoms with Gasteiger partial charge >= 0.3 is 0 Å². The first kappa shape index (κ1) is 23.9. The van der Waals surface area contributed by atoms with E-state index in [-0.39, 0.29) is 0 Å². The maximum Gasteiger partial charge on any atom is 0.137 e. The SMILES string of the molecule is c1ccc(-n2c3ccccc3c3ccc(N4c5ccccc5CCc5ccc(-n6nnc7ccccc76)cc54)cc32)nc1. The fourth-order valence-corrected chi connectivity index (χ4v) is 6.61. The van der Waals surface area contributed by atoms with Crippen molar-refractivity contribution in [2.24, 2.45) is 0 Å². The molecule has 0 spiro atoms. The van der Waals surface area contributed by atoms with Crippen molar-refractivity contribution in [1.29, 1.82) is 0 Å². The first-order valence-electron chi connectivity index (χ1n) is 14.6. The van der Waals surface area contributed by atoms with E-state index in [2.05, 4.69) is 117 Å². The van der Waals surface area contributed by atoms with Crippen LogP contribution >= 0.6 is 0 Å². The minimum absolute atomic E-state index is 0.882. The number of fused-ring (bicyclic) bond motifs is 6. The molecule has 0 saturated heterocycles. The smallest absolute Gasteiger partial charge is 0.137 e. The Kier molecular flexibility index (Phi) is 5.22. The number of aromatic nitrogens is 5. The molecular weight excluding hydrogens is 528 g/mol. The van der Waals surface area contributed by atoms with Gasteiger partial charge in [-0.3, -0.25) is 4.57 Å². The lowest BCUT2D eigenvalue weighted by atomic mass is 10.0. The number of aryl methyl sites for hydroxylation is 2. The number of benzene rings is 5. The molecule has 0 atom stereocenters. The van der Waals surface area contributed by atoms with Gasteiger partial charge in [0, 0.05) is 28.3 Å². The minimum atomic E-state index is 0.882. The summed E-state index contributed by atoms with van der Waals surface area (Å²) in [5.74, 6) is 0.905. The summed E-state index contributed by atoms with van der Waals surface area (Å²) in [7, 11) is 0. The normalized spacial score (nSPS) is 12.9. The van der Waals surface area contributed by atoms with E-state index in [1.807, 2.05) is 41.2 Å². The third kappa shape index (κ3) is 3.70. The Balaban J connectivity index is 1.31. The molecule has 6 nitrogen and oxygen atoms in total. The number of hydrogen-bond donors (Lipinski definition) is 0. The molecule has 43 heavy (non-hydrogen) atoms. The molecule has 0 aliphatic carbocycles. The van der Waals surface area contributed by atoms with Gasteiger partial charge in [0.05, 0.1) is 27.9 Å². The zero-order valence-corrected chi connectivity index (χ0v) is 23.3. The predicted molar refractivity (Wildman–Crippen MR) is 173 cm³/mol. The Morgan fingerprint density at radius 2 is 1.28 bits per heavy atom. The fourth-order valence-electron chi connectivity index (χ4n) is 6.61. The van der Waals surface area contributed by atoms with Crippen LogP contribution in [-0.2, 0) is 12.8 Å². The Labute approximate surface area is 248 Å². The molecule has 5 aromatic carbocycles. The lowest BCUT2D eigenvalue weighted by molar-refractivity contribution is 0.823. The van der Waals surface area contributed by atoms with Crippen molar-refractivity contribution in [2.75, 3.05) is 4.90 Å². The first-order chi connectivity index (χ1) is 21.3. The Morgan fingerprint density at radius 1 is 0.535 bits per heavy atom. The van der Waals surface area contributed by atoms with Crippen LogP contribution in [-0.4, -0.2) is 24.5 Å². The van der Waals surface area contributed by atoms with Crippen LogP contribution in [0.3, 0.4) is 0 Å². The summed E-state index contributed by atoms with van der Waals surface area (Å²) in [6.45, 7) is 0. The molecule has 4 heterocycles. The van der Waals surface area contributed by atoms with Crippen LogP contribution in [0.1, 0.15) is 11.1 Å². The summed E-state index contributed by atoms with van der Waals surface area (Å²) in [6, 6.07) is 45.0. The van der Waals surface area contributed by atoms with Crippen LogP contribution in [0.25, 0.3) is 44.3 Å². The van der Waals surface area contributed by atoms with Gasteiger partial charge in [0.1, 0.15) is 11.3 Å². The summed E-state index contributed by atoms with van der Waals surface area (Å²) < 4.78 is 4.21. The molecular formula is C37H26N6. The minimum Gasteiger partial charge on any atom is -0.310 e. The van der Waals surface area contributed by atoms with Gasteiger partial charge in [0.2, 0.25) is 0 Å². The number of hydrogen-bond acceptors (Lipinski definition) is 4. The van der Waals surface area contributed by atoms with E-state index in [9.17, 15) is 0 Å². The van der Waals surface area contributed by atoms with E-state index in [0.29, 0.717) is 0 Å². The van der Waals surface area contributed by atoms with Gasteiger partial charge in [-0.2, -0.15) is 0 Å². The molecule has 3 aromatic heterocycles. The highest BCUT2D eigenvalue weighted by Crippen LogP contribution is 2.44. The van der Waals surface area contributed by atoms with Gasteiger partial charge < -0.3 is 4.90 Å². The third-order valence-corrected chi connectivity index (χ3v) is 8.60. The average Bonchev–Trinajstić information content (AvgIpc) is 3.59. The number of pyridine rings is 1. The summed E-state index contributed by atoms with van der Waals surface area (Å²) in [5.41, 5.74) is 11.2. The van der Waals surface area contributed by atoms with Gasteiger partial charge in [0.25, 0.3) is 0 Å². The molecule has 6 heteroatoms. The monoisotopic (exact) mass is 554 g/mol. The number of nitrogens with zero attached hydrogens (tertiary/aromatic N) is 6. The van der Waals surface area contributed by atoms with Crippen molar-refractivity contribution in [3.05, 3.63) is 145 Å². The lowest BCUT2D eigenvalue weighted by Gasteiger charge is -2.28. The van der Waals surface area contributed by atoms with Gasteiger partial charge in [-0.25, -0.2) is 9.67 Å². The molecule has 0 unspecified atom stereocenters. The third-order valence-electron chi connectivity index (χ3n) is 8.60. The van der Waals surface area contributed by atoms with E-state index in [0.717, 1.165) is 57.8 Å². The van der Waals surface area contributed by atoms with Crippen molar-refractivity contribution in [3.63, 3.8) is 0 Å². The van der Waals surface area contributed by atoms with Crippen LogP contribution in [0.2, 0.25) is 0 Å². The zero-order chi connectivity index (χ0) is 28.3. The lowest BCUT2D eigenvalue weighted by Crippen LogP contribution is -2.12. The van der Waals surface area contributed by atoms with Crippen molar-refractivity contribution >= 4 is 49.9 Å². The van der Waals surface area contributed by atoms with Crippen LogP contribution in [0, 0.1) is 0 Å². The van der Waals surface area contributed by atoms with Crippen LogP contribution in [0.15, 0.2) is 134 Å². The Bertz CT molecular complexity index is 2310. The molecule has 8 aromatic rings. The van der Waals surface area contributed by atoms with E-state index < -0.39 is 0 Å². The van der Waals surface area contributed by atoms with Crippen LogP contribution < -0.4 is 4.90 Å². The van der Waals surface area contributed by atoms with Crippen molar-refractivity contribution in [2.45, 2.75) is 12.8 Å². The van der Waals surface area contributed by atoms with Gasteiger partial charge in [0.15, 0.2) is 0 Å². The standard InChI is InChI=1S/C37H26N6/c1-4-12-32-25(9-1)16-17-26-18-19-28(43-34-14-6-3-11-31(34)39-40-43)24-35(26)41(32)27-20-21-30-29-10-2-5-13-33(29)42(36(30)23-27)37-15-7-8-22-38-37/h1-15,18-24H,16-17H2. The highest BCUT2D eigenvalue weighted by molar-refractivity contribution is 6.10. The zero-order valence-electron chi connectivity index (χ0n) is 23.3. The topological polar surface area (TPSA) is 51.8 Å². The van der Waals surface area contributed by atoms with Crippen LogP contribution in [0.4, 0.5) is 17.1 Å². The van der Waals surface area contributed by atoms with Crippen LogP contribution in [0.5, 0.6) is 0 Å². The largest absolute Gasteiger partial charge is 0.310 e. The van der Waals surface area contributed by atoms with Crippen molar-refractivity contribution in [3.8, 4) is 11.5 Å². The average molecular weight is 555 g/mol. The van der Waals surface area contributed by atoms with E-state index in [4.69, 9.17) is 4.98 Å². The van der Waals surface area contributed by atoms with Gasteiger partial charge in [-0.15, -0.1) is 5.10 Å². The second-order valence-electron chi connectivity index (χ2n) is 11.0. The second-order valence-corrected chi connectivity index (χ2v) is 11.0. The first-order valence-corrected chi connectivity index (χ1v) is 14.6. The molecule has 0 saturated carbocycles. The molecule has 0 fully saturated rings. The van der Waals surface area contributed by atoms with E-state index >= 15 is 0 Å². The molecule has 0 radical (unpaired) electrons. The number of anilines is 3. The molecule has 9 rings (SSSR count). The van der Waals surface area contributed by atoms with Gasteiger partial charge in [-0.05, 0) is 84.6 Å². The molecule has 1 aliphatic heterocycles. The van der Waals surface area contributed by atoms with E-state index in [1.165, 1.54) is 27.6 Å². The second kappa shape index (κ2) is 9.39. The maximum atomic E-state index is 4.75. The van der Waals surface area contributed by atoms with Crippen molar-refractivity contribution < 1.29 is 0 Å². The summed E-state index contributed by atoms with van der Waals surface area (Å²) >= 11 is 0. The molecule has 0 bridgehead atoms. The highest BCUT2D eigenvalue weighted by atomic mass is 15.4. The molecule has 1 aliphatic rings. The summed E-state index contributed by atoms with van der Waals surface area (Å²) in [4.78, 5) is 7.17. The summed E-state index contributed by atoms with van der Waals surface area (Å²) in [6.07, 6.45) is 3.79. The fraction of sp³-hybridized carbons (Fsp3) is 0.0541. The maximum absolute atomic E-state index is 4.75. The quantitative estimate of drug-likeness (QED) is 0.220. The predicted octanol–water partition coefficient (Wildman–Crippen LogP) is 8.48. The Hall–Kier alpha value is -5.75. The van der Waals surface area contributed by atoms with Gasteiger partial charge in [-0.1, -0.05) is 71.9 Å².